The third kappa shape index (κ3) is 4.19. The summed E-state index contributed by atoms with van der Waals surface area (Å²) in [6.45, 7) is 1.42. The fourth-order valence-corrected chi connectivity index (χ4v) is 5.17. The maximum Gasteiger partial charge on any atom is 0.253 e. The maximum atomic E-state index is 12.9. The Morgan fingerprint density at radius 2 is 1.79 bits per heavy atom. The van der Waals surface area contributed by atoms with E-state index in [4.69, 9.17) is 21.1 Å². The average molecular weight is 437 g/mol. The Bertz CT molecular complexity index is 1040. The molecular weight excluding hydrogens is 416 g/mol. The molecule has 0 atom stereocenters. The van der Waals surface area contributed by atoms with E-state index < -0.39 is 15.9 Å². The van der Waals surface area contributed by atoms with E-state index in [-0.39, 0.29) is 28.8 Å². The van der Waals surface area contributed by atoms with Gasteiger partial charge in [-0.25, -0.2) is 8.42 Å². The zero-order valence-corrected chi connectivity index (χ0v) is 17.3. The van der Waals surface area contributed by atoms with E-state index in [1.165, 1.54) is 22.5 Å². The van der Waals surface area contributed by atoms with Gasteiger partial charge in [-0.3, -0.25) is 4.79 Å². The van der Waals surface area contributed by atoms with Gasteiger partial charge in [0.25, 0.3) is 5.91 Å². The van der Waals surface area contributed by atoms with Gasteiger partial charge >= 0.3 is 0 Å². The second kappa shape index (κ2) is 8.22. The van der Waals surface area contributed by atoms with E-state index in [1.807, 2.05) is 6.07 Å². The SMILES string of the molecule is O=C(NCc1ccc2c(c1)OCO2)c1cc(S(=O)(=O)N2CCCCC2)ccc1Cl. The molecule has 1 fully saturated rings. The molecule has 9 heteroatoms. The van der Waals surface area contributed by atoms with Crippen LogP contribution < -0.4 is 14.8 Å². The molecule has 1 N–H and O–H groups in total. The van der Waals surface area contributed by atoms with E-state index >= 15 is 0 Å². The minimum absolute atomic E-state index is 0.0806. The van der Waals surface area contributed by atoms with Gasteiger partial charge in [-0.2, -0.15) is 4.31 Å². The quantitative estimate of drug-likeness (QED) is 0.778. The first-order chi connectivity index (χ1) is 13.9. The molecule has 0 aromatic heterocycles. The lowest BCUT2D eigenvalue weighted by Crippen LogP contribution is -2.35. The number of hydrogen-bond acceptors (Lipinski definition) is 5. The second-order valence-corrected chi connectivity index (χ2v) is 9.32. The fourth-order valence-electron chi connectivity index (χ4n) is 3.42. The number of fused-ring (bicyclic) bond motifs is 1. The minimum Gasteiger partial charge on any atom is -0.454 e. The third-order valence-electron chi connectivity index (χ3n) is 5.03. The first kappa shape index (κ1) is 20.0. The molecule has 29 heavy (non-hydrogen) atoms. The number of nitrogens with zero attached hydrogens (tertiary/aromatic N) is 1. The van der Waals surface area contributed by atoms with Crippen molar-refractivity contribution in [2.24, 2.45) is 0 Å². The van der Waals surface area contributed by atoms with Crippen molar-refractivity contribution in [2.45, 2.75) is 30.7 Å². The van der Waals surface area contributed by atoms with Crippen molar-refractivity contribution in [3.8, 4) is 11.5 Å². The highest BCUT2D eigenvalue weighted by Gasteiger charge is 2.27. The molecule has 0 saturated carbocycles. The number of halogens is 1. The summed E-state index contributed by atoms with van der Waals surface area (Å²) in [5.41, 5.74) is 0.960. The number of benzene rings is 2. The molecule has 0 aliphatic carbocycles. The van der Waals surface area contributed by atoms with Crippen LogP contribution in [0.3, 0.4) is 0 Å². The lowest BCUT2D eigenvalue weighted by Gasteiger charge is -2.26. The van der Waals surface area contributed by atoms with Gasteiger partial charge in [0.15, 0.2) is 11.5 Å². The van der Waals surface area contributed by atoms with Crippen LogP contribution in [0.4, 0.5) is 0 Å². The van der Waals surface area contributed by atoms with E-state index in [1.54, 1.807) is 12.1 Å². The number of piperidine rings is 1. The molecule has 1 amide bonds. The van der Waals surface area contributed by atoms with Gasteiger partial charge < -0.3 is 14.8 Å². The zero-order valence-electron chi connectivity index (χ0n) is 15.7. The summed E-state index contributed by atoms with van der Waals surface area (Å²) in [6, 6.07) is 9.65. The molecule has 0 unspecified atom stereocenters. The summed E-state index contributed by atoms with van der Waals surface area (Å²) in [7, 11) is -3.64. The molecular formula is C20H21ClN2O5S. The van der Waals surface area contributed by atoms with Crippen LogP contribution in [0, 0.1) is 0 Å². The molecule has 2 aromatic rings. The highest BCUT2D eigenvalue weighted by molar-refractivity contribution is 7.89. The monoisotopic (exact) mass is 436 g/mol. The first-order valence-corrected chi connectivity index (χ1v) is 11.2. The van der Waals surface area contributed by atoms with Crippen LogP contribution in [0.1, 0.15) is 35.2 Å². The lowest BCUT2D eigenvalue weighted by molar-refractivity contribution is 0.0950. The molecule has 1 saturated heterocycles. The van der Waals surface area contributed by atoms with Crippen molar-refractivity contribution >= 4 is 27.5 Å². The van der Waals surface area contributed by atoms with Crippen LogP contribution in [0.15, 0.2) is 41.3 Å². The summed E-state index contributed by atoms with van der Waals surface area (Å²) in [6.07, 6.45) is 2.71. The molecule has 4 rings (SSSR count). The summed E-state index contributed by atoms with van der Waals surface area (Å²) in [5.74, 6) is 0.853. The maximum absolute atomic E-state index is 12.9. The number of sulfonamides is 1. The number of ether oxygens (including phenoxy) is 2. The van der Waals surface area contributed by atoms with Crippen molar-refractivity contribution < 1.29 is 22.7 Å². The lowest BCUT2D eigenvalue weighted by atomic mass is 10.1. The zero-order chi connectivity index (χ0) is 20.4. The van der Waals surface area contributed by atoms with Gasteiger partial charge in [-0.15, -0.1) is 0 Å². The van der Waals surface area contributed by atoms with E-state index in [0.29, 0.717) is 24.6 Å². The second-order valence-electron chi connectivity index (χ2n) is 6.98. The summed E-state index contributed by atoms with van der Waals surface area (Å²) >= 11 is 6.18. The molecule has 2 heterocycles. The van der Waals surface area contributed by atoms with Gasteiger partial charge in [0.2, 0.25) is 16.8 Å². The number of amides is 1. The molecule has 0 radical (unpaired) electrons. The summed E-state index contributed by atoms with van der Waals surface area (Å²) in [4.78, 5) is 12.7. The van der Waals surface area contributed by atoms with Gasteiger partial charge in [0.05, 0.1) is 15.5 Å². The first-order valence-electron chi connectivity index (χ1n) is 9.41. The van der Waals surface area contributed by atoms with Gasteiger partial charge in [0.1, 0.15) is 0 Å². The largest absolute Gasteiger partial charge is 0.454 e. The Labute approximate surface area is 174 Å². The van der Waals surface area contributed by atoms with Crippen molar-refractivity contribution in [1.82, 2.24) is 9.62 Å². The van der Waals surface area contributed by atoms with E-state index in [2.05, 4.69) is 5.32 Å². The predicted molar refractivity (Wildman–Crippen MR) is 108 cm³/mol. The van der Waals surface area contributed by atoms with Crippen LogP contribution in [0.25, 0.3) is 0 Å². The van der Waals surface area contributed by atoms with E-state index in [0.717, 1.165) is 24.8 Å². The Morgan fingerprint density at radius 1 is 1.03 bits per heavy atom. The molecule has 0 spiro atoms. The molecule has 0 bridgehead atoms. The van der Waals surface area contributed by atoms with Crippen molar-refractivity contribution in [2.75, 3.05) is 19.9 Å². The van der Waals surface area contributed by atoms with Crippen molar-refractivity contribution in [3.63, 3.8) is 0 Å². The smallest absolute Gasteiger partial charge is 0.253 e. The van der Waals surface area contributed by atoms with Gasteiger partial charge in [-0.1, -0.05) is 24.1 Å². The Balaban J connectivity index is 1.50. The number of rotatable bonds is 5. The van der Waals surface area contributed by atoms with Gasteiger partial charge in [-0.05, 0) is 48.7 Å². The minimum atomic E-state index is -3.64. The van der Waals surface area contributed by atoms with Gasteiger partial charge in [0, 0.05) is 19.6 Å². The molecule has 2 aliphatic rings. The number of nitrogens with one attached hydrogen (secondary N) is 1. The van der Waals surface area contributed by atoms with Crippen LogP contribution in [-0.4, -0.2) is 38.5 Å². The summed E-state index contributed by atoms with van der Waals surface area (Å²) < 4.78 is 37.8. The topological polar surface area (TPSA) is 84.9 Å². The fraction of sp³-hybridized carbons (Fsp3) is 0.350. The van der Waals surface area contributed by atoms with Crippen molar-refractivity contribution in [3.05, 3.63) is 52.5 Å². The number of carbonyl (C=O) groups is 1. The number of carbonyl (C=O) groups excluding carboxylic acids is 1. The Hall–Kier alpha value is -2.29. The van der Waals surface area contributed by atoms with Crippen LogP contribution >= 0.6 is 11.6 Å². The predicted octanol–water partition coefficient (Wildman–Crippen LogP) is 3.17. The highest BCUT2D eigenvalue weighted by Crippen LogP contribution is 2.32. The van der Waals surface area contributed by atoms with E-state index in [9.17, 15) is 13.2 Å². The Morgan fingerprint density at radius 3 is 2.59 bits per heavy atom. The summed E-state index contributed by atoms with van der Waals surface area (Å²) in [5, 5.41) is 2.98. The molecule has 2 aromatic carbocycles. The number of hydrogen-bond donors (Lipinski definition) is 1. The third-order valence-corrected chi connectivity index (χ3v) is 7.25. The Kier molecular flexibility index (Phi) is 5.67. The highest BCUT2D eigenvalue weighted by atomic mass is 35.5. The van der Waals surface area contributed by atoms with Crippen LogP contribution in [0.2, 0.25) is 5.02 Å². The molecule has 2 aliphatic heterocycles. The van der Waals surface area contributed by atoms with Crippen LogP contribution in [-0.2, 0) is 16.6 Å². The normalized spacial score (nSPS) is 16.6. The average Bonchev–Trinajstić information content (AvgIpc) is 3.20. The van der Waals surface area contributed by atoms with Crippen LogP contribution in [0.5, 0.6) is 11.5 Å². The standard InChI is InChI=1S/C20H21ClN2O5S/c21-17-6-5-15(29(25,26)23-8-2-1-3-9-23)11-16(17)20(24)22-12-14-4-7-18-19(10-14)28-13-27-18/h4-7,10-11H,1-3,8-9,12-13H2,(H,22,24). The molecule has 154 valence electrons. The molecule has 7 nitrogen and oxygen atoms in total. The van der Waals surface area contributed by atoms with Crippen molar-refractivity contribution in [1.29, 1.82) is 0 Å².